The van der Waals surface area contributed by atoms with Crippen LogP contribution in [0.5, 0.6) is 5.75 Å². The lowest BCUT2D eigenvalue weighted by molar-refractivity contribution is 0.219. The molecule has 0 saturated heterocycles. The van der Waals surface area contributed by atoms with Crippen molar-refractivity contribution in [2.24, 2.45) is 0 Å². The molecule has 0 saturated carbocycles. The van der Waals surface area contributed by atoms with Crippen LogP contribution in [0.3, 0.4) is 0 Å². The minimum Gasteiger partial charge on any atom is -0.484 e. The Balaban J connectivity index is 1.59. The Bertz CT molecular complexity index is 1020. The molecule has 4 rings (SSSR count). The second kappa shape index (κ2) is 7.13. The van der Waals surface area contributed by atoms with Gasteiger partial charge in [0.25, 0.3) is 0 Å². The molecule has 3 aromatic rings. The number of hydrogen-bond donors (Lipinski definition) is 1. The van der Waals surface area contributed by atoms with Crippen molar-refractivity contribution in [2.75, 3.05) is 6.54 Å². The van der Waals surface area contributed by atoms with E-state index in [9.17, 15) is 8.42 Å². The lowest BCUT2D eigenvalue weighted by Crippen LogP contribution is -2.36. The lowest BCUT2D eigenvalue weighted by atomic mass is 10.0. The van der Waals surface area contributed by atoms with Crippen LogP contribution >= 0.6 is 0 Å². The van der Waals surface area contributed by atoms with Crippen molar-refractivity contribution in [1.82, 2.24) is 19.5 Å². The second-order valence-electron chi connectivity index (χ2n) is 6.42. The Morgan fingerprint density at radius 3 is 2.74 bits per heavy atom. The van der Waals surface area contributed by atoms with E-state index in [-0.39, 0.29) is 17.5 Å². The summed E-state index contributed by atoms with van der Waals surface area (Å²) in [5.74, 6) is 0.748. The number of pyridine rings is 1. The molecule has 0 bridgehead atoms. The third-order valence-electron chi connectivity index (χ3n) is 4.64. The maximum atomic E-state index is 12.9. The molecule has 27 heavy (non-hydrogen) atoms. The molecule has 8 heteroatoms. The molecule has 3 heterocycles. The molecule has 2 aromatic heterocycles. The first-order valence-corrected chi connectivity index (χ1v) is 10.2. The molecular formula is C19H20N4O3S. The van der Waals surface area contributed by atoms with Gasteiger partial charge in [-0.15, -0.1) is 0 Å². The molecular weight excluding hydrogens is 364 g/mol. The Morgan fingerprint density at radius 1 is 1.19 bits per heavy atom. The van der Waals surface area contributed by atoms with Gasteiger partial charge in [0, 0.05) is 43.2 Å². The van der Waals surface area contributed by atoms with E-state index >= 15 is 0 Å². The van der Waals surface area contributed by atoms with Gasteiger partial charge in [-0.05, 0) is 31.2 Å². The topological polar surface area (TPSA) is 88.2 Å². The van der Waals surface area contributed by atoms with Crippen LogP contribution in [-0.4, -0.2) is 34.4 Å². The average Bonchev–Trinajstić information content (AvgIpc) is 3.13. The van der Waals surface area contributed by atoms with Crippen molar-refractivity contribution in [3.8, 4) is 5.75 Å². The van der Waals surface area contributed by atoms with Gasteiger partial charge in [-0.3, -0.25) is 10.1 Å². The standard InChI is InChI=1S/C19H20N4O3S/c1-14(26-15-6-3-2-4-7-15)19-17-13-23(11-9-18(17)21-22-19)27(24,25)16-8-5-10-20-12-16/h2-8,10,12,14H,9,11,13H2,1H3,(H,21,22). The van der Waals surface area contributed by atoms with Gasteiger partial charge in [0.2, 0.25) is 10.0 Å². The van der Waals surface area contributed by atoms with Crippen LogP contribution in [0.1, 0.15) is 30.0 Å². The fraction of sp³-hybridized carbons (Fsp3) is 0.263. The van der Waals surface area contributed by atoms with Gasteiger partial charge in [0.05, 0.1) is 0 Å². The van der Waals surface area contributed by atoms with Crippen LogP contribution in [0.4, 0.5) is 0 Å². The maximum absolute atomic E-state index is 12.9. The van der Waals surface area contributed by atoms with Gasteiger partial charge in [-0.1, -0.05) is 18.2 Å². The molecule has 0 fully saturated rings. The zero-order valence-corrected chi connectivity index (χ0v) is 15.7. The van der Waals surface area contributed by atoms with Crippen LogP contribution in [0, 0.1) is 0 Å². The number of nitrogens with one attached hydrogen (secondary N) is 1. The quantitative estimate of drug-likeness (QED) is 0.731. The van der Waals surface area contributed by atoms with Crippen LogP contribution in [-0.2, 0) is 23.0 Å². The Kier molecular flexibility index (Phi) is 4.67. The first kappa shape index (κ1) is 17.7. The normalized spacial score (nSPS) is 15.9. The van der Waals surface area contributed by atoms with Gasteiger partial charge in [0.15, 0.2) is 0 Å². The number of sulfonamides is 1. The lowest BCUT2D eigenvalue weighted by Gasteiger charge is -2.27. The number of para-hydroxylation sites is 1. The number of fused-ring (bicyclic) bond motifs is 1. The van der Waals surface area contributed by atoms with E-state index in [4.69, 9.17) is 4.74 Å². The molecule has 0 aliphatic carbocycles. The summed E-state index contributed by atoms with van der Waals surface area (Å²) in [6.07, 6.45) is 3.22. The van der Waals surface area contributed by atoms with E-state index in [1.807, 2.05) is 37.3 Å². The monoisotopic (exact) mass is 384 g/mol. The molecule has 1 unspecified atom stereocenters. The van der Waals surface area contributed by atoms with E-state index in [1.54, 1.807) is 18.3 Å². The Morgan fingerprint density at radius 2 is 2.00 bits per heavy atom. The highest BCUT2D eigenvalue weighted by molar-refractivity contribution is 7.89. The summed E-state index contributed by atoms with van der Waals surface area (Å²) in [5.41, 5.74) is 2.59. The number of H-pyrrole nitrogens is 1. The molecule has 0 radical (unpaired) electrons. The highest BCUT2D eigenvalue weighted by Crippen LogP contribution is 2.30. The third-order valence-corrected chi connectivity index (χ3v) is 6.47. The van der Waals surface area contributed by atoms with Gasteiger partial charge in [-0.2, -0.15) is 9.40 Å². The first-order valence-electron chi connectivity index (χ1n) is 8.73. The molecule has 0 amide bonds. The minimum atomic E-state index is -3.60. The van der Waals surface area contributed by atoms with Crippen molar-refractivity contribution in [3.05, 3.63) is 71.8 Å². The molecule has 140 valence electrons. The zero-order chi connectivity index (χ0) is 18.9. The summed E-state index contributed by atoms with van der Waals surface area (Å²) in [6.45, 7) is 2.58. The van der Waals surface area contributed by atoms with Crippen molar-refractivity contribution in [2.45, 2.75) is 30.9 Å². The molecule has 1 aromatic carbocycles. The minimum absolute atomic E-state index is 0.201. The molecule has 1 N–H and O–H groups in total. The molecule has 0 spiro atoms. The van der Waals surface area contributed by atoms with Crippen LogP contribution < -0.4 is 4.74 Å². The summed E-state index contributed by atoms with van der Waals surface area (Å²) >= 11 is 0. The van der Waals surface area contributed by atoms with Crippen molar-refractivity contribution >= 4 is 10.0 Å². The number of hydrogen-bond acceptors (Lipinski definition) is 5. The van der Waals surface area contributed by atoms with E-state index in [1.165, 1.54) is 10.5 Å². The first-order chi connectivity index (χ1) is 13.1. The SMILES string of the molecule is CC(Oc1ccccc1)c1n[nH]c2c1CN(S(=O)(=O)c1cccnc1)CC2. The van der Waals surface area contributed by atoms with E-state index < -0.39 is 10.0 Å². The smallest absolute Gasteiger partial charge is 0.244 e. The predicted molar refractivity (Wildman–Crippen MR) is 99.6 cm³/mol. The summed E-state index contributed by atoms with van der Waals surface area (Å²) in [6, 6.07) is 12.7. The van der Waals surface area contributed by atoms with Crippen molar-refractivity contribution in [3.63, 3.8) is 0 Å². The number of aromatic amines is 1. The summed E-state index contributed by atoms with van der Waals surface area (Å²) < 4.78 is 33.3. The van der Waals surface area contributed by atoms with Crippen LogP contribution in [0.25, 0.3) is 0 Å². The highest BCUT2D eigenvalue weighted by atomic mass is 32.2. The predicted octanol–water partition coefficient (Wildman–Crippen LogP) is 2.69. The number of ether oxygens (including phenoxy) is 1. The van der Waals surface area contributed by atoms with Gasteiger partial charge in [0.1, 0.15) is 22.4 Å². The van der Waals surface area contributed by atoms with E-state index in [0.29, 0.717) is 13.0 Å². The van der Waals surface area contributed by atoms with Crippen LogP contribution in [0.15, 0.2) is 59.8 Å². The van der Waals surface area contributed by atoms with Gasteiger partial charge in [-0.25, -0.2) is 8.42 Å². The van der Waals surface area contributed by atoms with E-state index in [0.717, 1.165) is 22.7 Å². The summed E-state index contributed by atoms with van der Waals surface area (Å²) in [5, 5.41) is 7.44. The average molecular weight is 384 g/mol. The van der Waals surface area contributed by atoms with Gasteiger partial charge >= 0.3 is 0 Å². The number of nitrogens with zero attached hydrogens (tertiary/aromatic N) is 3. The Hall–Kier alpha value is -2.71. The second-order valence-corrected chi connectivity index (χ2v) is 8.35. The van der Waals surface area contributed by atoms with E-state index in [2.05, 4.69) is 15.2 Å². The van der Waals surface area contributed by atoms with Crippen LogP contribution in [0.2, 0.25) is 0 Å². The summed E-state index contributed by atoms with van der Waals surface area (Å²) in [4.78, 5) is 4.13. The third kappa shape index (κ3) is 3.45. The molecule has 1 aliphatic heterocycles. The molecule has 1 atom stereocenters. The Labute approximate surface area is 158 Å². The molecule has 1 aliphatic rings. The van der Waals surface area contributed by atoms with Gasteiger partial charge < -0.3 is 4.74 Å². The number of benzene rings is 1. The summed E-state index contributed by atoms with van der Waals surface area (Å²) in [7, 11) is -3.60. The number of rotatable bonds is 5. The largest absolute Gasteiger partial charge is 0.484 e. The highest BCUT2D eigenvalue weighted by Gasteiger charge is 2.32. The number of aromatic nitrogens is 3. The van der Waals surface area contributed by atoms with Crippen molar-refractivity contribution in [1.29, 1.82) is 0 Å². The fourth-order valence-corrected chi connectivity index (χ4v) is 4.62. The van der Waals surface area contributed by atoms with Crippen molar-refractivity contribution < 1.29 is 13.2 Å². The zero-order valence-electron chi connectivity index (χ0n) is 14.9. The fourth-order valence-electron chi connectivity index (χ4n) is 3.24. The molecule has 7 nitrogen and oxygen atoms in total. The maximum Gasteiger partial charge on any atom is 0.244 e.